The van der Waals surface area contributed by atoms with Gasteiger partial charge in [0.2, 0.25) is 11.1 Å². The Labute approximate surface area is 99.0 Å². The third-order valence-electron chi connectivity index (χ3n) is 2.26. The lowest BCUT2D eigenvalue weighted by Crippen LogP contribution is -1.85. The normalized spacial score (nSPS) is 9.41. The lowest BCUT2D eigenvalue weighted by Gasteiger charge is -2.04. The molecule has 2 rings (SSSR count). The second kappa shape index (κ2) is 4.99. The summed E-state index contributed by atoms with van der Waals surface area (Å²) in [4.78, 5) is 3.15. The zero-order chi connectivity index (χ0) is 12.1. The monoisotopic (exact) mass is 227 g/mol. The van der Waals surface area contributed by atoms with Gasteiger partial charge >= 0.3 is 5.69 Å². The van der Waals surface area contributed by atoms with E-state index in [1.165, 1.54) is 0 Å². The predicted octanol–water partition coefficient (Wildman–Crippen LogP) is 3.97. The molecule has 0 heterocycles. The van der Waals surface area contributed by atoms with Crippen molar-refractivity contribution in [1.29, 1.82) is 5.39 Å². The first-order valence-electron chi connectivity index (χ1n) is 5.09. The van der Waals surface area contributed by atoms with Gasteiger partial charge in [-0.3, -0.25) is 0 Å². The van der Waals surface area contributed by atoms with Crippen LogP contribution in [0.1, 0.15) is 0 Å². The number of diazo groups is 1. The maximum Gasteiger partial charge on any atom is 0.426 e. The van der Waals surface area contributed by atoms with Crippen LogP contribution in [0.2, 0.25) is 0 Å². The quantitative estimate of drug-likeness (QED) is 0.745. The summed E-state index contributed by atoms with van der Waals surface area (Å²) in [5.74, 6) is 1.92. The molecule has 4 heteroatoms. The van der Waals surface area contributed by atoms with E-state index >= 15 is 0 Å². The average Bonchev–Trinajstić information content (AvgIpc) is 2.40. The van der Waals surface area contributed by atoms with E-state index in [9.17, 15) is 0 Å². The van der Waals surface area contributed by atoms with Crippen molar-refractivity contribution in [3.8, 4) is 17.2 Å². The van der Waals surface area contributed by atoms with E-state index in [0.717, 1.165) is 5.75 Å². The smallest absolute Gasteiger partial charge is 0.426 e. The largest absolute Gasteiger partial charge is 0.497 e. The summed E-state index contributed by atoms with van der Waals surface area (Å²) in [5.41, 5.74) is 0.392. The molecular formula is C13H11N2O2+. The fourth-order valence-electron chi connectivity index (χ4n) is 1.40. The lowest BCUT2D eigenvalue weighted by atomic mass is 10.3. The van der Waals surface area contributed by atoms with Gasteiger partial charge in [0.1, 0.15) is 11.5 Å². The van der Waals surface area contributed by atoms with Crippen LogP contribution in [0.4, 0.5) is 5.69 Å². The maximum absolute atomic E-state index is 8.80. The Morgan fingerprint density at radius 2 is 1.59 bits per heavy atom. The summed E-state index contributed by atoms with van der Waals surface area (Å²) < 4.78 is 10.6. The van der Waals surface area contributed by atoms with E-state index in [0.29, 0.717) is 17.2 Å². The second-order valence-corrected chi connectivity index (χ2v) is 3.35. The molecular weight excluding hydrogens is 216 g/mol. The molecule has 84 valence electrons. The van der Waals surface area contributed by atoms with E-state index in [1.54, 1.807) is 49.6 Å². The Kier molecular flexibility index (Phi) is 3.22. The van der Waals surface area contributed by atoms with Crippen molar-refractivity contribution in [1.82, 2.24) is 0 Å². The Hall–Kier alpha value is -2.54. The molecule has 2 aromatic carbocycles. The Bertz CT molecular complexity index is 544. The minimum Gasteiger partial charge on any atom is -0.497 e. The highest BCUT2D eigenvalue weighted by molar-refractivity contribution is 5.57. The predicted molar refractivity (Wildman–Crippen MR) is 64.3 cm³/mol. The highest BCUT2D eigenvalue weighted by atomic mass is 16.5. The molecule has 0 amide bonds. The van der Waals surface area contributed by atoms with Crippen LogP contribution in [-0.2, 0) is 0 Å². The molecule has 0 spiro atoms. The molecule has 0 saturated heterocycles. The minimum absolute atomic E-state index is 0.392. The van der Waals surface area contributed by atoms with Crippen molar-refractivity contribution in [3.63, 3.8) is 0 Å². The molecule has 4 nitrogen and oxygen atoms in total. The summed E-state index contributed by atoms with van der Waals surface area (Å²) in [6, 6.07) is 14.2. The summed E-state index contributed by atoms with van der Waals surface area (Å²) in [7, 11) is 1.61. The van der Waals surface area contributed by atoms with Crippen LogP contribution in [0, 0.1) is 5.39 Å². The fraction of sp³-hybridized carbons (Fsp3) is 0.0769. The molecule has 0 aliphatic heterocycles. The van der Waals surface area contributed by atoms with Gasteiger partial charge in [0.25, 0.3) is 0 Å². The average molecular weight is 227 g/mol. The summed E-state index contributed by atoms with van der Waals surface area (Å²) >= 11 is 0. The van der Waals surface area contributed by atoms with Crippen LogP contribution in [0.5, 0.6) is 17.2 Å². The van der Waals surface area contributed by atoms with Gasteiger partial charge in [-0.2, -0.15) is 0 Å². The van der Waals surface area contributed by atoms with Gasteiger partial charge in [-0.1, -0.05) is 12.1 Å². The van der Waals surface area contributed by atoms with Crippen LogP contribution in [0.15, 0.2) is 48.5 Å². The van der Waals surface area contributed by atoms with Crippen LogP contribution in [-0.4, -0.2) is 7.11 Å². The molecule has 0 bridgehead atoms. The van der Waals surface area contributed by atoms with Crippen LogP contribution in [0.3, 0.4) is 0 Å². The summed E-state index contributed by atoms with van der Waals surface area (Å²) in [5, 5.41) is 8.80. The number of methoxy groups -OCH3 is 1. The lowest BCUT2D eigenvalue weighted by molar-refractivity contribution is 0.413. The van der Waals surface area contributed by atoms with Gasteiger partial charge in [0.15, 0.2) is 4.98 Å². The highest BCUT2D eigenvalue weighted by Crippen LogP contribution is 2.31. The molecule has 0 N–H and O–H groups in total. The maximum atomic E-state index is 8.80. The third kappa shape index (κ3) is 2.52. The molecule has 0 aliphatic rings. The molecule has 0 aliphatic carbocycles. The van der Waals surface area contributed by atoms with Crippen LogP contribution >= 0.6 is 0 Å². The fourth-order valence-corrected chi connectivity index (χ4v) is 1.40. The van der Waals surface area contributed by atoms with Gasteiger partial charge in [0, 0.05) is 6.07 Å². The molecule has 0 unspecified atom stereocenters. The number of para-hydroxylation sites is 1. The molecule has 0 atom stereocenters. The number of hydrogen-bond donors (Lipinski definition) is 0. The van der Waals surface area contributed by atoms with Crippen molar-refractivity contribution in [2.24, 2.45) is 0 Å². The van der Waals surface area contributed by atoms with E-state index < -0.39 is 0 Å². The molecule has 0 saturated carbocycles. The van der Waals surface area contributed by atoms with Crippen LogP contribution in [0.25, 0.3) is 4.98 Å². The van der Waals surface area contributed by atoms with Crippen LogP contribution < -0.4 is 9.47 Å². The van der Waals surface area contributed by atoms with E-state index in [2.05, 4.69) is 4.98 Å². The van der Waals surface area contributed by atoms with Crippen molar-refractivity contribution in [3.05, 3.63) is 53.5 Å². The second-order valence-electron chi connectivity index (χ2n) is 3.35. The molecule has 17 heavy (non-hydrogen) atoms. The number of hydrogen-bond acceptors (Lipinski definition) is 3. The van der Waals surface area contributed by atoms with Gasteiger partial charge in [-0.05, 0) is 30.3 Å². The Morgan fingerprint density at radius 3 is 2.24 bits per heavy atom. The van der Waals surface area contributed by atoms with Gasteiger partial charge < -0.3 is 9.47 Å². The van der Waals surface area contributed by atoms with E-state index in [-0.39, 0.29) is 0 Å². The number of benzene rings is 2. The topological polar surface area (TPSA) is 46.6 Å². The summed E-state index contributed by atoms with van der Waals surface area (Å²) in [6.07, 6.45) is 0. The minimum atomic E-state index is 0.392. The van der Waals surface area contributed by atoms with E-state index in [4.69, 9.17) is 14.9 Å². The van der Waals surface area contributed by atoms with Crippen molar-refractivity contribution < 1.29 is 9.47 Å². The van der Waals surface area contributed by atoms with Gasteiger partial charge in [-0.25, -0.2) is 0 Å². The third-order valence-corrected chi connectivity index (χ3v) is 2.26. The Morgan fingerprint density at radius 1 is 0.941 bits per heavy atom. The van der Waals surface area contributed by atoms with Gasteiger partial charge in [-0.15, -0.1) is 0 Å². The van der Waals surface area contributed by atoms with Crippen molar-refractivity contribution in [2.75, 3.05) is 7.11 Å². The standard InChI is InChI=1S/C13H11N2O2/c1-16-10-6-8-11(9-7-10)17-13-5-3-2-4-12(13)15-14/h2-9H,1H3/q+1. The Balaban J connectivity index is 2.23. The van der Waals surface area contributed by atoms with Gasteiger partial charge in [0.05, 0.1) is 7.11 Å². The SMILES string of the molecule is COc1ccc(Oc2ccccc2[N+]#N)cc1. The number of rotatable bonds is 3. The molecule has 0 fully saturated rings. The highest BCUT2D eigenvalue weighted by Gasteiger charge is 2.13. The molecule has 0 radical (unpaired) electrons. The first-order valence-corrected chi connectivity index (χ1v) is 5.09. The van der Waals surface area contributed by atoms with Crippen molar-refractivity contribution in [2.45, 2.75) is 0 Å². The first-order chi connectivity index (χ1) is 8.33. The summed E-state index contributed by atoms with van der Waals surface area (Å²) in [6.45, 7) is 0. The molecule has 0 aromatic heterocycles. The number of ether oxygens (including phenoxy) is 2. The molecule has 2 aromatic rings. The van der Waals surface area contributed by atoms with Crippen molar-refractivity contribution >= 4 is 5.69 Å². The first kappa shape index (κ1) is 11.0. The number of nitrogens with zero attached hydrogens (tertiary/aromatic N) is 2. The van der Waals surface area contributed by atoms with E-state index in [1.807, 2.05) is 6.07 Å². The zero-order valence-electron chi connectivity index (χ0n) is 9.33. The zero-order valence-corrected chi connectivity index (χ0v) is 9.33.